The van der Waals surface area contributed by atoms with Gasteiger partial charge in [-0.3, -0.25) is 4.90 Å². The molecule has 1 N–H and O–H groups in total. The summed E-state index contributed by atoms with van der Waals surface area (Å²) in [6.07, 6.45) is 9.72. The van der Waals surface area contributed by atoms with Crippen molar-refractivity contribution in [2.45, 2.75) is 121 Å². The molecule has 53 heavy (non-hydrogen) atoms. The molecular weight excluding hydrogens is 690 g/mol. The van der Waals surface area contributed by atoms with Crippen LogP contribution in [-0.2, 0) is 14.0 Å². The maximum absolute atomic E-state index is 16.6. The molecule has 4 aliphatic heterocycles. The second-order valence-electron chi connectivity index (χ2n) is 17.3. The number of carbonyl (C=O) groups excluding carboxylic acids is 1. The number of fused-ring (bicyclic) bond motifs is 5. The van der Waals surface area contributed by atoms with Crippen molar-refractivity contribution in [3.63, 3.8) is 0 Å². The Bertz CT molecular complexity index is 2130. The maximum atomic E-state index is 16.6. The number of amides is 1. The van der Waals surface area contributed by atoms with E-state index in [0.29, 0.717) is 40.9 Å². The summed E-state index contributed by atoms with van der Waals surface area (Å²) in [7, 11) is -0.501. The van der Waals surface area contributed by atoms with Gasteiger partial charge in [-0.25, -0.2) is 14.2 Å². The van der Waals surface area contributed by atoms with E-state index in [0.717, 1.165) is 41.3 Å². The molecule has 1 aliphatic carbocycles. The molecule has 2 aromatic carbocycles. The van der Waals surface area contributed by atoms with Crippen LogP contribution in [0.1, 0.15) is 105 Å². The fourth-order valence-electron chi connectivity index (χ4n) is 8.23. The first kappa shape index (κ1) is 35.0. The molecular formula is C41H48BFN4O5S. The van der Waals surface area contributed by atoms with Gasteiger partial charge in [0.2, 0.25) is 0 Å². The van der Waals surface area contributed by atoms with Crippen LogP contribution >= 0.6 is 11.8 Å². The highest BCUT2D eigenvalue weighted by Crippen LogP contribution is 2.53. The Hall–Kier alpha value is -3.74. The molecule has 9 rings (SSSR count). The van der Waals surface area contributed by atoms with Gasteiger partial charge in [0, 0.05) is 17.5 Å². The van der Waals surface area contributed by atoms with Crippen LogP contribution in [0.3, 0.4) is 0 Å². The van der Waals surface area contributed by atoms with Gasteiger partial charge in [-0.15, -0.1) is 11.8 Å². The van der Waals surface area contributed by atoms with Gasteiger partial charge in [0.25, 0.3) is 0 Å². The number of thioether (sulfide) groups is 1. The number of carbonyl (C=O) groups is 1. The summed E-state index contributed by atoms with van der Waals surface area (Å²) in [5, 5.41) is 1.12. The lowest BCUT2D eigenvalue weighted by Crippen LogP contribution is -2.41. The van der Waals surface area contributed by atoms with E-state index in [1.165, 1.54) is 24.2 Å². The third-order valence-electron chi connectivity index (χ3n) is 12.0. The van der Waals surface area contributed by atoms with Crippen molar-refractivity contribution >= 4 is 41.3 Å². The minimum Gasteiger partial charge on any atom is -0.468 e. The van der Waals surface area contributed by atoms with Gasteiger partial charge in [-0.05, 0) is 121 Å². The SMILES string of the molecule is CC(C)(C)OC(=O)N1CCC[C@H]1c1ncc(-c2cc(F)c3c(c2)OC(C2CC=C(C4CCC4)S2)n2c-3cc3cc(B4OC(C)(C)C(C)(C)O4)ccc32)[nH]1. The first-order valence-electron chi connectivity index (χ1n) is 19.1. The molecule has 1 amide bonds. The van der Waals surface area contributed by atoms with Gasteiger partial charge in [0.05, 0.1) is 51.2 Å². The second-order valence-corrected chi connectivity index (χ2v) is 18.6. The molecule has 5 aliphatic rings. The van der Waals surface area contributed by atoms with Crippen LogP contribution < -0.4 is 10.2 Å². The number of allylic oxidation sites excluding steroid dienone is 2. The number of hydrogen-bond acceptors (Lipinski definition) is 7. The summed E-state index contributed by atoms with van der Waals surface area (Å²) in [5.41, 5.74) is 2.95. The standard InChI is InChI=1S/C41H48BFN4O5S/c1-39(2,3)50-38(48)46-17-9-12-30(46)36-44-22-28(45-36)24-19-27(43)35-31-20-25-18-26(42-51-40(4,5)41(6,7)52-42)13-14-29(25)47(31)37(49-32(35)21-24)34-16-15-33(53-34)23-10-8-11-23/h13-15,18-23,30,34,37H,8-12,16-17H2,1-7H3,(H,44,45)/t30-,34?,37?/m0/s1. The lowest BCUT2D eigenvalue weighted by atomic mass is 9.78. The lowest BCUT2D eigenvalue weighted by molar-refractivity contribution is 0.00578. The molecule has 0 spiro atoms. The van der Waals surface area contributed by atoms with Crippen molar-refractivity contribution in [3.05, 3.63) is 65.2 Å². The molecule has 2 aromatic heterocycles. The van der Waals surface area contributed by atoms with Gasteiger partial charge in [-0.1, -0.05) is 24.6 Å². The highest BCUT2D eigenvalue weighted by atomic mass is 32.2. The Kier molecular flexibility index (Phi) is 8.19. The molecule has 0 bridgehead atoms. The first-order chi connectivity index (χ1) is 25.2. The predicted octanol–water partition coefficient (Wildman–Crippen LogP) is 9.29. The third-order valence-corrected chi connectivity index (χ3v) is 13.5. The lowest BCUT2D eigenvalue weighted by Gasteiger charge is -2.34. The summed E-state index contributed by atoms with van der Waals surface area (Å²) in [5.74, 6) is 1.45. The molecule has 3 atom stereocenters. The van der Waals surface area contributed by atoms with E-state index >= 15 is 4.39 Å². The number of imidazole rings is 1. The van der Waals surface area contributed by atoms with E-state index in [1.54, 1.807) is 17.2 Å². The zero-order chi connectivity index (χ0) is 37.0. The topological polar surface area (TPSA) is 90.8 Å². The number of halogens is 1. The highest BCUT2D eigenvalue weighted by molar-refractivity contribution is 8.04. The zero-order valence-corrected chi connectivity index (χ0v) is 32.4. The van der Waals surface area contributed by atoms with Crippen molar-refractivity contribution in [2.24, 2.45) is 5.92 Å². The largest absolute Gasteiger partial charge is 0.494 e. The van der Waals surface area contributed by atoms with Gasteiger partial charge in [-0.2, -0.15) is 0 Å². The normalized spacial score (nSPS) is 24.9. The van der Waals surface area contributed by atoms with Crippen molar-refractivity contribution in [3.8, 4) is 28.3 Å². The Balaban J connectivity index is 1.08. The minimum atomic E-state index is -0.593. The van der Waals surface area contributed by atoms with Crippen LogP contribution in [-0.4, -0.2) is 61.2 Å². The molecule has 278 valence electrons. The molecule has 4 aromatic rings. The number of H-pyrrole nitrogens is 1. The quantitative estimate of drug-likeness (QED) is 0.204. The molecule has 12 heteroatoms. The number of likely N-dealkylation sites (tertiary alicyclic amines) is 1. The van der Waals surface area contributed by atoms with E-state index in [1.807, 2.05) is 38.6 Å². The van der Waals surface area contributed by atoms with Crippen molar-refractivity contribution in [1.82, 2.24) is 19.4 Å². The van der Waals surface area contributed by atoms with Crippen LogP contribution in [0.4, 0.5) is 9.18 Å². The van der Waals surface area contributed by atoms with E-state index < -0.39 is 23.9 Å². The first-order valence-corrected chi connectivity index (χ1v) is 20.0. The van der Waals surface area contributed by atoms with Gasteiger partial charge < -0.3 is 28.3 Å². The number of aromatic nitrogens is 3. The van der Waals surface area contributed by atoms with Crippen LogP contribution in [0, 0.1) is 11.7 Å². The summed E-state index contributed by atoms with van der Waals surface area (Å²) >= 11 is 1.93. The van der Waals surface area contributed by atoms with Crippen LogP contribution in [0.15, 0.2) is 53.6 Å². The van der Waals surface area contributed by atoms with E-state index in [9.17, 15) is 4.79 Å². The second kappa shape index (κ2) is 12.4. The molecule has 3 fully saturated rings. The number of nitrogens with zero attached hydrogens (tertiary/aromatic N) is 3. The number of aromatic amines is 1. The average Bonchev–Trinajstić information content (AvgIpc) is 3.88. The van der Waals surface area contributed by atoms with Crippen molar-refractivity contribution < 1.29 is 28.0 Å². The minimum absolute atomic E-state index is 0.141. The number of hydrogen-bond donors (Lipinski definition) is 1. The maximum Gasteiger partial charge on any atom is 0.494 e. The van der Waals surface area contributed by atoms with Gasteiger partial charge in [0.15, 0.2) is 6.23 Å². The number of ether oxygens (including phenoxy) is 2. The Morgan fingerprint density at radius 2 is 1.83 bits per heavy atom. The average molecular weight is 739 g/mol. The summed E-state index contributed by atoms with van der Waals surface area (Å²) < 4.78 is 44.2. The van der Waals surface area contributed by atoms with Crippen molar-refractivity contribution in [1.29, 1.82) is 0 Å². The van der Waals surface area contributed by atoms with Gasteiger partial charge in [0.1, 0.15) is 23.0 Å². The number of benzene rings is 2. The van der Waals surface area contributed by atoms with Gasteiger partial charge >= 0.3 is 13.2 Å². The molecule has 6 heterocycles. The Morgan fingerprint density at radius 3 is 2.55 bits per heavy atom. The fraction of sp³-hybridized carbons (Fsp3) is 0.512. The van der Waals surface area contributed by atoms with Crippen LogP contribution in [0.25, 0.3) is 33.4 Å². The van der Waals surface area contributed by atoms with E-state index in [4.69, 9.17) is 18.8 Å². The third kappa shape index (κ3) is 6.00. The van der Waals surface area contributed by atoms with Crippen LogP contribution in [0.2, 0.25) is 0 Å². The Morgan fingerprint density at radius 1 is 1.06 bits per heavy atom. The zero-order valence-electron chi connectivity index (χ0n) is 31.6. The highest BCUT2D eigenvalue weighted by Gasteiger charge is 2.52. The summed E-state index contributed by atoms with van der Waals surface area (Å²) in [4.78, 5) is 24.3. The monoisotopic (exact) mass is 738 g/mol. The molecule has 2 unspecified atom stereocenters. The molecule has 1 saturated carbocycles. The number of rotatable bonds is 5. The summed E-state index contributed by atoms with van der Waals surface area (Å²) in [6.45, 7) is 14.4. The van der Waals surface area contributed by atoms with Crippen molar-refractivity contribution in [2.75, 3.05) is 6.54 Å². The van der Waals surface area contributed by atoms with E-state index in [-0.39, 0.29) is 29.4 Å². The van der Waals surface area contributed by atoms with Crippen LogP contribution in [0.5, 0.6) is 5.75 Å². The molecule has 2 saturated heterocycles. The predicted molar refractivity (Wildman–Crippen MR) is 207 cm³/mol. The smallest absolute Gasteiger partial charge is 0.468 e. The molecule has 0 radical (unpaired) electrons. The number of nitrogens with one attached hydrogen (secondary N) is 1. The van der Waals surface area contributed by atoms with E-state index in [2.05, 4.69) is 72.6 Å². The summed E-state index contributed by atoms with van der Waals surface area (Å²) in [6, 6.07) is 11.6. The Labute approximate surface area is 315 Å². The fourth-order valence-corrected chi connectivity index (χ4v) is 9.68. The molecule has 9 nitrogen and oxygen atoms in total.